The Morgan fingerprint density at radius 1 is 0.829 bits per heavy atom. The zero-order chi connectivity index (χ0) is 28.8. The number of hydrogen-bond acceptors (Lipinski definition) is 5. The molecule has 5 aromatic rings. The van der Waals surface area contributed by atoms with E-state index in [1.807, 2.05) is 64.2 Å². The number of anilines is 1. The Morgan fingerprint density at radius 3 is 2.24 bits per heavy atom. The highest BCUT2D eigenvalue weighted by Crippen LogP contribution is 2.38. The van der Waals surface area contributed by atoms with Gasteiger partial charge in [-0.25, -0.2) is 18.4 Å². The van der Waals surface area contributed by atoms with Gasteiger partial charge in [0.15, 0.2) is 5.65 Å². The number of aromatic nitrogens is 3. The van der Waals surface area contributed by atoms with E-state index in [4.69, 9.17) is 11.6 Å². The number of nitrogens with zero attached hydrogens (tertiary/aromatic N) is 5. The van der Waals surface area contributed by atoms with Crippen LogP contribution in [0.25, 0.3) is 27.8 Å². The van der Waals surface area contributed by atoms with Crippen LogP contribution in [-0.2, 0) is 16.2 Å². The third-order valence-electron chi connectivity index (χ3n) is 7.10. The SMILES string of the molecule is O=S(=O)(c1cccc(C(F)(F)F)c1)N1CCN(c2ncnc3c2c(-c2ccccc2)cn3-c2ccccc2Cl)CC1. The molecule has 3 heterocycles. The summed E-state index contributed by atoms with van der Waals surface area (Å²) in [5, 5.41) is 1.34. The van der Waals surface area contributed by atoms with Gasteiger partial charge in [-0.1, -0.05) is 60.1 Å². The van der Waals surface area contributed by atoms with E-state index in [2.05, 4.69) is 9.97 Å². The second kappa shape index (κ2) is 10.5. The molecule has 1 aliphatic rings. The summed E-state index contributed by atoms with van der Waals surface area (Å²) in [6, 6.07) is 21.1. The van der Waals surface area contributed by atoms with E-state index in [1.165, 1.54) is 16.7 Å². The normalized spacial score (nSPS) is 15.0. The van der Waals surface area contributed by atoms with Gasteiger partial charge in [-0.15, -0.1) is 0 Å². The Morgan fingerprint density at radius 2 is 1.54 bits per heavy atom. The van der Waals surface area contributed by atoms with Crippen molar-refractivity contribution in [1.82, 2.24) is 18.8 Å². The molecule has 0 unspecified atom stereocenters. The van der Waals surface area contributed by atoms with Crippen LogP contribution in [0.2, 0.25) is 5.02 Å². The van der Waals surface area contributed by atoms with Crippen LogP contribution in [0.4, 0.5) is 19.0 Å². The molecular weight excluding hydrogens is 575 g/mol. The first-order valence-corrected chi connectivity index (χ1v) is 14.5. The molecule has 1 saturated heterocycles. The van der Waals surface area contributed by atoms with Gasteiger partial charge in [0.1, 0.15) is 12.1 Å². The van der Waals surface area contributed by atoms with Crippen LogP contribution in [0.5, 0.6) is 0 Å². The first-order valence-electron chi connectivity index (χ1n) is 12.7. The molecule has 0 bridgehead atoms. The monoisotopic (exact) mass is 597 g/mol. The van der Waals surface area contributed by atoms with Gasteiger partial charge in [-0.3, -0.25) is 4.57 Å². The lowest BCUT2D eigenvalue weighted by Crippen LogP contribution is -2.49. The van der Waals surface area contributed by atoms with E-state index >= 15 is 0 Å². The molecular formula is C29H23ClF3N5O2S. The van der Waals surface area contributed by atoms with Gasteiger partial charge < -0.3 is 4.90 Å². The predicted molar refractivity (Wildman–Crippen MR) is 152 cm³/mol. The highest BCUT2D eigenvalue weighted by atomic mass is 35.5. The number of benzene rings is 3. The maximum Gasteiger partial charge on any atom is 0.416 e. The van der Waals surface area contributed by atoms with Gasteiger partial charge in [-0.05, 0) is 35.9 Å². The Kier molecular flexibility index (Phi) is 6.96. The third kappa shape index (κ3) is 5.05. The molecule has 6 rings (SSSR count). The highest BCUT2D eigenvalue weighted by Gasteiger charge is 2.34. The van der Waals surface area contributed by atoms with E-state index in [1.54, 1.807) is 6.07 Å². The minimum atomic E-state index is -4.64. The number of hydrogen-bond donors (Lipinski definition) is 0. The summed E-state index contributed by atoms with van der Waals surface area (Å²) in [5.74, 6) is 0.635. The molecule has 2 aromatic heterocycles. The first-order chi connectivity index (χ1) is 19.6. The lowest BCUT2D eigenvalue weighted by Gasteiger charge is -2.35. The lowest BCUT2D eigenvalue weighted by atomic mass is 10.1. The summed E-state index contributed by atoms with van der Waals surface area (Å²) in [7, 11) is -4.13. The van der Waals surface area contributed by atoms with Gasteiger partial charge in [0.05, 0.1) is 26.6 Å². The zero-order valence-corrected chi connectivity index (χ0v) is 23.0. The fourth-order valence-electron chi connectivity index (χ4n) is 5.07. The molecule has 0 amide bonds. The number of alkyl halides is 3. The number of para-hydroxylation sites is 1. The second-order valence-corrected chi connectivity index (χ2v) is 11.9. The summed E-state index contributed by atoms with van der Waals surface area (Å²) in [6.07, 6.45) is -1.21. The largest absolute Gasteiger partial charge is 0.416 e. The summed E-state index contributed by atoms with van der Waals surface area (Å²) < 4.78 is 69.3. The van der Waals surface area contributed by atoms with Crippen molar-refractivity contribution < 1.29 is 21.6 Å². The molecule has 210 valence electrons. The minimum absolute atomic E-state index is 0.0793. The second-order valence-electron chi connectivity index (χ2n) is 9.54. The van der Waals surface area contributed by atoms with Crippen molar-refractivity contribution in [2.75, 3.05) is 31.1 Å². The summed E-state index contributed by atoms with van der Waals surface area (Å²) in [4.78, 5) is 10.8. The minimum Gasteiger partial charge on any atom is -0.353 e. The van der Waals surface area contributed by atoms with Crippen LogP contribution < -0.4 is 4.90 Å². The molecule has 3 aromatic carbocycles. The molecule has 0 N–H and O–H groups in total. The molecule has 7 nitrogen and oxygen atoms in total. The van der Waals surface area contributed by atoms with Gasteiger partial charge in [0.2, 0.25) is 10.0 Å². The number of fused-ring (bicyclic) bond motifs is 1. The van der Waals surface area contributed by atoms with Crippen LogP contribution in [0, 0.1) is 0 Å². The topological polar surface area (TPSA) is 71.3 Å². The van der Waals surface area contributed by atoms with Crippen molar-refractivity contribution in [2.24, 2.45) is 0 Å². The third-order valence-corrected chi connectivity index (χ3v) is 9.31. The molecule has 1 aliphatic heterocycles. The van der Waals surface area contributed by atoms with Gasteiger partial charge in [-0.2, -0.15) is 17.5 Å². The molecule has 41 heavy (non-hydrogen) atoms. The molecule has 12 heteroatoms. The summed E-state index contributed by atoms with van der Waals surface area (Å²) >= 11 is 6.55. The van der Waals surface area contributed by atoms with Crippen molar-refractivity contribution in [3.05, 3.63) is 102 Å². The van der Waals surface area contributed by atoms with Crippen LogP contribution >= 0.6 is 11.6 Å². The van der Waals surface area contributed by atoms with E-state index in [-0.39, 0.29) is 31.1 Å². The van der Waals surface area contributed by atoms with Crippen LogP contribution in [0.1, 0.15) is 5.56 Å². The van der Waals surface area contributed by atoms with E-state index in [9.17, 15) is 21.6 Å². The highest BCUT2D eigenvalue weighted by molar-refractivity contribution is 7.89. The number of rotatable bonds is 5. The van der Waals surface area contributed by atoms with E-state index in [0.29, 0.717) is 22.6 Å². The van der Waals surface area contributed by atoms with E-state index < -0.39 is 21.8 Å². The fourth-order valence-corrected chi connectivity index (χ4v) is 6.77. The summed E-state index contributed by atoms with van der Waals surface area (Å²) in [5.41, 5.74) is 2.22. The van der Waals surface area contributed by atoms with Gasteiger partial charge >= 0.3 is 6.18 Å². The summed E-state index contributed by atoms with van der Waals surface area (Å²) in [6.45, 7) is 0.734. The average molecular weight is 598 g/mol. The number of piperazine rings is 1. The maximum atomic E-state index is 13.3. The molecule has 0 radical (unpaired) electrons. The molecule has 0 atom stereocenters. The number of sulfonamides is 1. The molecule has 0 aliphatic carbocycles. The van der Waals surface area contributed by atoms with Gasteiger partial charge in [0, 0.05) is 37.9 Å². The smallest absolute Gasteiger partial charge is 0.353 e. The molecule has 0 saturated carbocycles. The zero-order valence-electron chi connectivity index (χ0n) is 21.5. The fraction of sp³-hybridized carbons (Fsp3) is 0.172. The Balaban J connectivity index is 1.36. The molecule has 0 spiro atoms. The van der Waals surface area contributed by atoms with Crippen LogP contribution in [0.3, 0.4) is 0 Å². The molecule has 1 fully saturated rings. The van der Waals surface area contributed by atoms with Gasteiger partial charge in [0.25, 0.3) is 0 Å². The van der Waals surface area contributed by atoms with Crippen molar-refractivity contribution in [2.45, 2.75) is 11.1 Å². The average Bonchev–Trinajstić information content (AvgIpc) is 3.37. The van der Waals surface area contributed by atoms with Crippen molar-refractivity contribution in [3.8, 4) is 16.8 Å². The van der Waals surface area contributed by atoms with Crippen molar-refractivity contribution in [3.63, 3.8) is 0 Å². The Labute approximate surface area is 239 Å². The lowest BCUT2D eigenvalue weighted by molar-refractivity contribution is -0.137. The van der Waals surface area contributed by atoms with Crippen molar-refractivity contribution >= 4 is 38.5 Å². The quantitative estimate of drug-likeness (QED) is 0.239. The van der Waals surface area contributed by atoms with Crippen LogP contribution in [0.15, 0.2) is 96.3 Å². The Hall–Kier alpha value is -3.93. The predicted octanol–water partition coefficient (Wildman–Crippen LogP) is 6.27. The van der Waals surface area contributed by atoms with Crippen molar-refractivity contribution in [1.29, 1.82) is 0 Å². The first kappa shape index (κ1) is 27.3. The maximum absolute atomic E-state index is 13.3. The van der Waals surface area contributed by atoms with Crippen LogP contribution in [-0.4, -0.2) is 53.4 Å². The van der Waals surface area contributed by atoms with E-state index in [0.717, 1.165) is 34.3 Å². The Bertz CT molecular complexity index is 1840. The number of halogens is 4. The standard InChI is InChI=1S/C29H23ClF3N5O2S/c30-24-11-4-5-12-25(24)38-18-23(20-7-2-1-3-8-20)26-27(34-19-35-28(26)38)36-13-15-37(16-14-36)41(39,40)22-10-6-9-21(17-22)29(31,32)33/h1-12,17-19H,13-16H2.